The van der Waals surface area contributed by atoms with Crippen LogP contribution < -0.4 is 10.2 Å². The van der Waals surface area contributed by atoms with Crippen LogP contribution in [0.2, 0.25) is 0 Å². The van der Waals surface area contributed by atoms with E-state index in [0.29, 0.717) is 6.04 Å². The lowest BCUT2D eigenvalue weighted by Crippen LogP contribution is -2.51. The van der Waals surface area contributed by atoms with E-state index in [4.69, 9.17) is 0 Å². The van der Waals surface area contributed by atoms with Crippen LogP contribution in [0.1, 0.15) is 6.92 Å². The van der Waals surface area contributed by atoms with Crippen molar-refractivity contribution >= 4 is 5.69 Å². The fraction of sp³-hybridized carbons (Fsp3) is 0.571. The molecule has 1 fully saturated rings. The zero-order valence-electron chi connectivity index (χ0n) is 10.9. The van der Waals surface area contributed by atoms with Crippen molar-refractivity contribution < 1.29 is 0 Å². The summed E-state index contributed by atoms with van der Waals surface area (Å²) in [5.74, 6) is 0. The van der Waals surface area contributed by atoms with Gasteiger partial charge in [0.15, 0.2) is 0 Å². The first-order valence-corrected chi connectivity index (χ1v) is 6.48. The molecule has 1 N–H and O–H groups in total. The van der Waals surface area contributed by atoms with Gasteiger partial charge in [0.2, 0.25) is 0 Å². The maximum Gasteiger partial charge on any atom is 0.0364 e. The fourth-order valence-corrected chi connectivity index (χ4v) is 2.31. The van der Waals surface area contributed by atoms with Gasteiger partial charge in [-0.1, -0.05) is 18.2 Å². The molecule has 1 atom stereocenters. The lowest BCUT2D eigenvalue weighted by molar-refractivity contribution is 0.178. The number of anilines is 1. The van der Waals surface area contributed by atoms with E-state index < -0.39 is 0 Å². The predicted molar refractivity (Wildman–Crippen MR) is 73.6 cm³/mol. The molecule has 0 radical (unpaired) electrons. The molecule has 0 bridgehead atoms. The van der Waals surface area contributed by atoms with Crippen molar-refractivity contribution in [2.45, 2.75) is 13.0 Å². The molecule has 0 spiro atoms. The highest BCUT2D eigenvalue weighted by Crippen LogP contribution is 2.11. The minimum atomic E-state index is 0.660. The molecule has 1 aromatic carbocycles. The fourth-order valence-electron chi connectivity index (χ4n) is 2.31. The van der Waals surface area contributed by atoms with E-state index in [-0.39, 0.29) is 0 Å². The lowest BCUT2D eigenvalue weighted by atomic mass is 10.2. The number of nitrogens with one attached hydrogen (secondary N) is 1. The highest BCUT2D eigenvalue weighted by Gasteiger charge is 2.17. The SMILES string of the molecule is C[C@H]1CNCCN1CCN(C)c1ccccc1. The molecule has 94 valence electrons. The van der Waals surface area contributed by atoms with Crippen LogP contribution in [0.5, 0.6) is 0 Å². The summed E-state index contributed by atoms with van der Waals surface area (Å²) in [6.07, 6.45) is 0. The number of nitrogens with zero attached hydrogens (tertiary/aromatic N) is 2. The van der Waals surface area contributed by atoms with Crippen molar-refractivity contribution in [1.29, 1.82) is 0 Å². The molecule has 3 heteroatoms. The molecule has 0 aliphatic carbocycles. The lowest BCUT2D eigenvalue weighted by Gasteiger charge is -2.35. The Hall–Kier alpha value is -1.06. The predicted octanol–water partition coefficient (Wildman–Crippen LogP) is 1.42. The first kappa shape index (κ1) is 12.4. The summed E-state index contributed by atoms with van der Waals surface area (Å²) in [5.41, 5.74) is 1.30. The molecular formula is C14H23N3. The third-order valence-corrected chi connectivity index (χ3v) is 3.56. The number of hydrogen-bond donors (Lipinski definition) is 1. The quantitative estimate of drug-likeness (QED) is 0.848. The Morgan fingerprint density at radius 1 is 1.35 bits per heavy atom. The van der Waals surface area contributed by atoms with Crippen LogP contribution in [0.4, 0.5) is 5.69 Å². The summed E-state index contributed by atoms with van der Waals surface area (Å²) in [4.78, 5) is 4.89. The van der Waals surface area contributed by atoms with Gasteiger partial charge in [0, 0.05) is 51.5 Å². The van der Waals surface area contributed by atoms with Crippen LogP contribution >= 0.6 is 0 Å². The van der Waals surface area contributed by atoms with Gasteiger partial charge in [-0.05, 0) is 19.1 Å². The van der Waals surface area contributed by atoms with Gasteiger partial charge >= 0.3 is 0 Å². The maximum absolute atomic E-state index is 3.43. The van der Waals surface area contributed by atoms with E-state index in [0.717, 1.165) is 26.2 Å². The van der Waals surface area contributed by atoms with Crippen molar-refractivity contribution in [3.05, 3.63) is 30.3 Å². The molecule has 2 rings (SSSR count). The Bertz CT molecular complexity index is 325. The highest BCUT2D eigenvalue weighted by molar-refractivity contribution is 5.44. The molecule has 1 heterocycles. The monoisotopic (exact) mass is 233 g/mol. The number of para-hydroxylation sites is 1. The largest absolute Gasteiger partial charge is 0.373 e. The van der Waals surface area contributed by atoms with E-state index in [9.17, 15) is 0 Å². The van der Waals surface area contributed by atoms with Gasteiger partial charge in [-0.15, -0.1) is 0 Å². The van der Waals surface area contributed by atoms with Gasteiger partial charge in [0.25, 0.3) is 0 Å². The summed E-state index contributed by atoms with van der Waals surface area (Å²) >= 11 is 0. The molecule has 0 unspecified atom stereocenters. The summed E-state index contributed by atoms with van der Waals surface area (Å²) in [6, 6.07) is 11.3. The zero-order valence-corrected chi connectivity index (χ0v) is 10.9. The van der Waals surface area contributed by atoms with Crippen LogP contribution in [0, 0.1) is 0 Å². The summed E-state index contributed by atoms with van der Waals surface area (Å²) in [5, 5.41) is 3.43. The molecule has 17 heavy (non-hydrogen) atoms. The van der Waals surface area contributed by atoms with Gasteiger partial charge in [0.1, 0.15) is 0 Å². The highest BCUT2D eigenvalue weighted by atomic mass is 15.2. The molecule has 1 aliphatic heterocycles. The average molecular weight is 233 g/mol. The topological polar surface area (TPSA) is 18.5 Å². The Morgan fingerprint density at radius 3 is 2.82 bits per heavy atom. The third kappa shape index (κ3) is 3.45. The molecule has 0 aromatic heterocycles. The van der Waals surface area contributed by atoms with Gasteiger partial charge in [-0.3, -0.25) is 4.90 Å². The van der Waals surface area contributed by atoms with Crippen molar-refractivity contribution in [2.75, 3.05) is 44.7 Å². The number of likely N-dealkylation sites (N-methyl/N-ethyl adjacent to an activating group) is 1. The molecule has 1 saturated heterocycles. The third-order valence-electron chi connectivity index (χ3n) is 3.56. The Kier molecular flexibility index (Phi) is 4.40. The molecule has 1 aliphatic rings. The molecule has 3 nitrogen and oxygen atoms in total. The van der Waals surface area contributed by atoms with Crippen molar-refractivity contribution in [1.82, 2.24) is 10.2 Å². The zero-order chi connectivity index (χ0) is 12.1. The Balaban J connectivity index is 1.81. The molecule has 0 amide bonds. The second kappa shape index (κ2) is 6.03. The van der Waals surface area contributed by atoms with E-state index in [1.807, 2.05) is 0 Å². The van der Waals surface area contributed by atoms with Gasteiger partial charge in [-0.25, -0.2) is 0 Å². The summed E-state index contributed by atoms with van der Waals surface area (Å²) in [6.45, 7) is 7.95. The number of piperazine rings is 1. The van der Waals surface area contributed by atoms with E-state index in [1.54, 1.807) is 0 Å². The standard InChI is InChI=1S/C14H23N3/c1-13-12-15-8-9-17(13)11-10-16(2)14-6-4-3-5-7-14/h3-7,13,15H,8-12H2,1-2H3/t13-/m0/s1. The van der Waals surface area contributed by atoms with Crippen molar-refractivity contribution in [3.63, 3.8) is 0 Å². The normalized spacial score (nSPS) is 21.4. The number of benzene rings is 1. The second-order valence-corrected chi connectivity index (χ2v) is 4.85. The Morgan fingerprint density at radius 2 is 2.12 bits per heavy atom. The van der Waals surface area contributed by atoms with Crippen LogP contribution in [-0.4, -0.2) is 50.7 Å². The van der Waals surface area contributed by atoms with Crippen LogP contribution in [0.25, 0.3) is 0 Å². The number of hydrogen-bond acceptors (Lipinski definition) is 3. The van der Waals surface area contributed by atoms with Gasteiger partial charge in [-0.2, -0.15) is 0 Å². The van der Waals surface area contributed by atoms with Crippen LogP contribution in [-0.2, 0) is 0 Å². The van der Waals surface area contributed by atoms with E-state index in [1.165, 1.54) is 12.2 Å². The summed E-state index contributed by atoms with van der Waals surface area (Å²) in [7, 11) is 2.17. The van der Waals surface area contributed by atoms with Crippen molar-refractivity contribution in [2.24, 2.45) is 0 Å². The second-order valence-electron chi connectivity index (χ2n) is 4.85. The van der Waals surface area contributed by atoms with Crippen molar-refractivity contribution in [3.8, 4) is 0 Å². The Labute approximate surface area is 104 Å². The maximum atomic E-state index is 3.43. The van der Waals surface area contributed by atoms with E-state index in [2.05, 4.69) is 59.4 Å². The minimum Gasteiger partial charge on any atom is -0.373 e. The number of rotatable bonds is 4. The molecule has 0 saturated carbocycles. The molecule has 1 aromatic rings. The van der Waals surface area contributed by atoms with Crippen LogP contribution in [0.3, 0.4) is 0 Å². The first-order chi connectivity index (χ1) is 8.27. The summed E-state index contributed by atoms with van der Waals surface area (Å²) < 4.78 is 0. The molecular weight excluding hydrogens is 210 g/mol. The average Bonchev–Trinajstić information content (AvgIpc) is 2.38. The van der Waals surface area contributed by atoms with E-state index >= 15 is 0 Å². The van der Waals surface area contributed by atoms with Gasteiger partial charge in [0.05, 0.1) is 0 Å². The first-order valence-electron chi connectivity index (χ1n) is 6.48. The smallest absolute Gasteiger partial charge is 0.0364 e. The van der Waals surface area contributed by atoms with Gasteiger partial charge < -0.3 is 10.2 Å². The minimum absolute atomic E-state index is 0.660. The van der Waals surface area contributed by atoms with Crippen LogP contribution in [0.15, 0.2) is 30.3 Å².